The monoisotopic (exact) mass is 323 g/mol. The summed E-state index contributed by atoms with van der Waals surface area (Å²) in [6.07, 6.45) is 3.58. The van der Waals surface area contributed by atoms with Crippen LogP contribution in [0, 0.1) is 0 Å². The van der Waals surface area contributed by atoms with E-state index in [1.807, 2.05) is 23.5 Å². The summed E-state index contributed by atoms with van der Waals surface area (Å²) >= 11 is 1.65. The summed E-state index contributed by atoms with van der Waals surface area (Å²) in [4.78, 5) is 24.0. The van der Waals surface area contributed by atoms with Gasteiger partial charge in [0.15, 0.2) is 5.96 Å². The minimum atomic E-state index is -0.0284. The fourth-order valence-electron chi connectivity index (χ4n) is 1.81. The van der Waals surface area contributed by atoms with Crippen LogP contribution in [0.4, 0.5) is 0 Å². The first-order chi connectivity index (χ1) is 10.5. The molecule has 0 saturated carbocycles. The number of aromatic nitrogens is 1. The number of thiazole rings is 1. The number of nitrogens with zero attached hydrogens (tertiary/aromatic N) is 4. The summed E-state index contributed by atoms with van der Waals surface area (Å²) in [5.41, 5.74) is 0. The van der Waals surface area contributed by atoms with Crippen molar-refractivity contribution in [3.8, 4) is 0 Å². The van der Waals surface area contributed by atoms with Crippen molar-refractivity contribution in [1.82, 2.24) is 20.1 Å². The molecule has 0 radical (unpaired) electrons. The Labute approximate surface area is 136 Å². The van der Waals surface area contributed by atoms with Crippen molar-refractivity contribution in [2.24, 2.45) is 4.99 Å². The summed E-state index contributed by atoms with van der Waals surface area (Å²) in [6, 6.07) is 0. The Morgan fingerprint density at radius 2 is 2.27 bits per heavy atom. The van der Waals surface area contributed by atoms with Gasteiger partial charge in [-0.05, 0) is 0 Å². The molecule has 1 aromatic heterocycles. The van der Waals surface area contributed by atoms with Crippen molar-refractivity contribution in [3.63, 3.8) is 0 Å². The van der Waals surface area contributed by atoms with E-state index < -0.39 is 0 Å². The maximum absolute atomic E-state index is 11.7. The van der Waals surface area contributed by atoms with Crippen LogP contribution in [0.25, 0.3) is 0 Å². The number of carbonyl (C=O) groups excluding carboxylic acids is 1. The first kappa shape index (κ1) is 18.2. The summed E-state index contributed by atoms with van der Waals surface area (Å²) in [7, 11) is 5.41. The van der Waals surface area contributed by atoms with E-state index in [0.29, 0.717) is 18.4 Å². The molecule has 122 valence electrons. The van der Waals surface area contributed by atoms with Crippen LogP contribution < -0.4 is 5.32 Å². The highest BCUT2D eigenvalue weighted by molar-refractivity contribution is 7.09. The highest BCUT2D eigenvalue weighted by Gasteiger charge is 2.14. The van der Waals surface area contributed by atoms with E-state index in [-0.39, 0.29) is 12.5 Å². The van der Waals surface area contributed by atoms with Crippen molar-refractivity contribution in [1.29, 1.82) is 0 Å². The molecule has 7 heteroatoms. The van der Waals surface area contributed by atoms with Gasteiger partial charge in [0.2, 0.25) is 5.91 Å². The van der Waals surface area contributed by atoms with E-state index in [2.05, 4.69) is 28.8 Å². The lowest BCUT2D eigenvalue weighted by molar-refractivity contribution is -0.127. The third kappa shape index (κ3) is 5.85. The molecule has 1 rings (SSSR count). The summed E-state index contributed by atoms with van der Waals surface area (Å²) in [6.45, 7) is 7.33. The van der Waals surface area contributed by atoms with Crippen molar-refractivity contribution in [2.75, 3.05) is 40.8 Å². The van der Waals surface area contributed by atoms with Crippen LogP contribution in [0.5, 0.6) is 0 Å². The van der Waals surface area contributed by atoms with Gasteiger partial charge >= 0.3 is 0 Å². The van der Waals surface area contributed by atoms with Crippen LogP contribution >= 0.6 is 11.3 Å². The van der Waals surface area contributed by atoms with Gasteiger partial charge < -0.3 is 15.1 Å². The van der Waals surface area contributed by atoms with E-state index in [1.54, 1.807) is 31.5 Å². The third-order valence-electron chi connectivity index (χ3n) is 3.05. The first-order valence-corrected chi connectivity index (χ1v) is 8.03. The van der Waals surface area contributed by atoms with Crippen molar-refractivity contribution >= 4 is 23.2 Å². The number of aliphatic imine (C=N–C) groups is 1. The SMILES string of the molecule is C=CCNC(=NCC(=O)N(C)C)N(C)CC(C)c1nccs1. The Hall–Kier alpha value is -1.89. The van der Waals surface area contributed by atoms with Gasteiger partial charge in [0, 0.05) is 51.7 Å². The molecular weight excluding hydrogens is 298 g/mol. The molecule has 1 unspecified atom stereocenters. The summed E-state index contributed by atoms with van der Waals surface area (Å²) < 4.78 is 0. The zero-order valence-corrected chi connectivity index (χ0v) is 14.6. The van der Waals surface area contributed by atoms with Crippen LogP contribution in [0.3, 0.4) is 0 Å². The first-order valence-electron chi connectivity index (χ1n) is 7.15. The van der Waals surface area contributed by atoms with Gasteiger partial charge in [-0.3, -0.25) is 4.79 Å². The second-order valence-electron chi connectivity index (χ2n) is 5.25. The summed E-state index contributed by atoms with van der Waals surface area (Å²) in [5, 5.41) is 6.26. The number of hydrogen-bond donors (Lipinski definition) is 1. The molecule has 1 amide bonds. The highest BCUT2D eigenvalue weighted by Crippen LogP contribution is 2.18. The Bertz CT molecular complexity index is 498. The minimum absolute atomic E-state index is 0.0284. The smallest absolute Gasteiger partial charge is 0.243 e. The van der Waals surface area contributed by atoms with Gasteiger partial charge in [0.1, 0.15) is 6.54 Å². The van der Waals surface area contributed by atoms with Crippen molar-refractivity contribution in [2.45, 2.75) is 12.8 Å². The molecule has 22 heavy (non-hydrogen) atoms. The van der Waals surface area contributed by atoms with E-state index in [9.17, 15) is 4.79 Å². The second kappa shape index (κ2) is 9.19. The molecule has 0 aliphatic carbocycles. The lowest BCUT2D eigenvalue weighted by atomic mass is 10.2. The van der Waals surface area contributed by atoms with Crippen molar-refractivity contribution in [3.05, 3.63) is 29.2 Å². The molecule has 0 fully saturated rings. The predicted molar refractivity (Wildman–Crippen MR) is 92.4 cm³/mol. The van der Waals surface area contributed by atoms with Gasteiger partial charge in [0.25, 0.3) is 0 Å². The maximum atomic E-state index is 11.7. The van der Waals surface area contributed by atoms with Crippen LogP contribution in [0.2, 0.25) is 0 Å². The molecular formula is C15H25N5OS. The van der Waals surface area contributed by atoms with Gasteiger partial charge in [-0.1, -0.05) is 13.0 Å². The van der Waals surface area contributed by atoms with Crippen LogP contribution in [-0.4, -0.2) is 67.4 Å². The molecule has 0 aromatic carbocycles. The topological polar surface area (TPSA) is 60.8 Å². The molecule has 6 nitrogen and oxygen atoms in total. The van der Waals surface area contributed by atoms with Gasteiger partial charge in [-0.25, -0.2) is 9.98 Å². The number of carbonyl (C=O) groups is 1. The van der Waals surface area contributed by atoms with E-state index >= 15 is 0 Å². The van der Waals surface area contributed by atoms with Crippen LogP contribution in [0.1, 0.15) is 17.8 Å². The Balaban J connectivity index is 2.70. The van der Waals surface area contributed by atoms with Crippen LogP contribution in [0.15, 0.2) is 29.2 Å². The average molecular weight is 323 g/mol. The lowest BCUT2D eigenvalue weighted by Crippen LogP contribution is -2.41. The van der Waals surface area contributed by atoms with Gasteiger partial charge in [-0.2, -0.15) is 0 Å². The zero-order valence-electron chi connectivity index (χ0n) is 13.7. The Morgan fingerprint density at radius 1 is 1.55 bits per heavy atom. The number of guanidine groups is 1. The molecule has 1 heterocycles. The largest absolute Gasteiger partial charge is 0.353 e. The van der Waals surface area contributed by atoms with Crippen molar-refractivity contribution < 1.29 is 4.79 Å². The molecule has 0 spiro atoms. The Morgan fingerprint density at radius 3 is 2.82 bits per heavy atom. The Kier molecular flexibility index (Phi) is 7.59. The lowest BCUT2D eigenvalue weighted by Gasteiger charge is -2.24. The molecule has 0 saturated heterocycles. The number of hydrogen-bond acceptors (Lipinski definition) is 4. The maximum Gasteiger partial charge on any atom is 0.243 e. The number of amides is 1. The second-order valence-corrected chi connectivity index (χ2v) is 6.18. The summed E-state index contributed by atoms with van der Waals surface area (Å²) in [5.74, 6) is 0.961. The van der Waals surface area contributed by atoms with Crippen LogP contribution in [-0.2, 0) is 4.79 Å². The van der Waals surface area contributed by atoms with E-state index in [4.69, 9.17) is 0 Å². The van der Waals surface area contributed by atoms with Gasteiger partial charge in [-0.15, -0.1) is 17.9 Å². The fraction of sp³-hybridized carbons (Fsp3) is 0.533. The average Bonchev–Trinajstić information content (AvgIpc) is 3.01. The molecule has 0 bridgehead atoms. The minimum Gasteiger partial charge on any atom is -0.353 e. The normalized spacial score (nSPS) is 12.6. The van der Waals surface area contributed by atoms with Gasteiger partial charge in [0.05, 0.1) is 5.01 Å². The van der Waals surface area contributed by atoms with E-state index in [1.165, 1.54) is 4.90 Å². The molecule has 0 aliphatic heterocycles. The molecule has 1 N–H and O–H groups in total. The zero-order chi connectivity index (χ0) is 16.5. The highest BCUT2D eigenvalue weighted by atomic mass is 32.1. The third-order valence-corrected chi connectivity index (χ3v) is 4.06. The quantitative estimate of drug-likeness (QED) is 0.468. The number of rotatable bonds is 7. The molecule has 1 aromatic rings. The number of likely N-dealkylation sites (N-methyl/N-ethyl adjacent to an activating group) is 2. The fourth-order valence-corrected chi connectivity index (χ4v) is 2.50. The molecule has 1 atom stereocenters. The molecule has 0 aliphatic rings. The standard InChI is InChI=1S/C15H25N5OS/c1-6-7-17-15(18-10-13(21)19(3)4)20(5)11-12(2)14-16-8-9-22-14/h6,8-9,12H,1,7,10-11H2,2-5H3,(H,17,18). The predicted octanol–water partition coefficient (Wildman–Crippen LogP) is 1.40. The van der Waals surface area contributed by atoms with E-state index in [0.717, 1.165) is 11.6 Å². The number of nitrogens with one attached hydrogen (secondary N) is 1.